The molecule has 3 N–H and O–H groups in total. The maximum Gasteiger partial charge on any atom is 0.416 e. The zero-order valence-corrected chi connectivity index (χ0v) is 19.1. The topological polar surface area (TPSA) is 70.7 Å². The SMILES string of the molecule is NC1c2ccsc2N=CN1c1ccc(NC(=O)C2(c3cc(C(F)(F)F)cc(C(F)(F)F)c3)CC2)cc1. The van der Waals surface area contributed by atoms with Gasteiger partial charge in [0.15, 0.2) is 0 Å². The highest BCUT2D eigenvalue weighted by Gasteiger charge is 2.53. The van der Waals surface area contributed by atoms with Gasteiger partial charge in [0, 0.05) is 16.9 Å². The van der Waals surface area contributed by atoms with Crippen molar-refractivity contribution in [2.45, 2.75) is 36.8 Å². The van der Waals surface area contributed by atoms with Crippen molar-refractivity contribution in [3.8, 4) is 0 Å². The fourth-order valence-electron chi connectivity index (χ4n) is 4.18. The number of anilines is 2. The Balaban J connectivity index is 1.37. The van der Waals surface area contributed by atoms with Crippen LogP contribution in [0.5, 0.6) is 0 Å². The van der Waals surface area contributed by atoms with Gasteiger partial charge in [-0.25, -0.2) is 4.99 Å². The zero-order valence-electron chi connectivity index (χ0n) is 18.3. The van der Waals surface area contributed by atoms with Crippen molar-refractivity contribution in [1.82, 2.24) is 0 Å². The van der Waals surface area contributed by atoms with E-state index in [1.54, 1.807) is 35.5 Å². The number of carbonyl (C=O) groups excluding carboxylic acids is 1. The van der Waals surface area contributed by atoms with Crippen LogP contribution < -0.4 is 16.0 Å². The molecule has 5 rings (SSSR count). The fourth-order valence-corrected chi connectivity index (χ4v) is 4.95. The van der Waals surface area contributed by atoms with E-state index in [0.29, 0.717) is 23.5 Å². The van der Waals surface area contributed by atoms with Gasteiger partial charge in [0.2, 0.25) is 5.91 Å². The number of fused-ring (bicyclic) bond motifs is 1. The molecule has 36 heavy (non-hydrogen) atoms. The standard InChI is InChI=1S/C24H18F6N4OS/c25-23(26,27)14-9-13(10-15(11-14)24(28,29)30)22(6-7-22)21(35)33-16-1-3-17(4-2-16)34-12-32-20-18(19(34)31)5-8-36-20/h1-5,8-12,19H,6-7,31H2,(H,33,35). The van der Waals surface area contributed by atoms with Crippen molar-refractivity contribution in [3.05, 3.63) is 76.2 Å². The van der Waals surface area contributed by atoms with E-state index in [9.17, 15) is 31.1 Å². The van der Waals surface area contributed by atoms with E-state index in [2.05, 4.69) is 10.3 Å². The van der Waals surface area contributed by atoms with Crippen molar-refractivity contribution < 1.29 is 31.1 Å². The summed E-state index contributed by atoms with van der Waals surface area (Å²) in [7, 11) is 0. The third kappa shape index (κ3) is 4.35. The Morgan fingerprint density at radius 1 is 1.00 bits per heavy atom. The number of nitrogens with zero attached hydrogens (tertiary/aromatic N) is 2. The first-order chi connectivity index (χ1) is 16.9. The number of hydrogen-bond donors (Lipinski definition) is 2. The minimum absolute atomic E-state index is 0.0594. The van der Waals surface area contributed by atoms with Gasteiger partial charge in [-0.2, -0.15) is 26.3 Å². The number of hydrogen-bond acceptors (Lipinski definition) is 5. The van der Waals surface area contributed by atoms with Crippen LogP contribution in [0.25, 0.3) is 0 Å². The second-order valence-electron chi connectivity index (χ2n) is 8.66. The van der Waals surface area contributed by atoms with E-state index in [0.717, 1.165) is 10.6 Å². The summed E-state index contributed by atoms with van der Waals surface area (Å²) < 4.78 is 79.7. The van der Waals surface area contributed by atoms with Crippen LogP contribution in [0.3, 0.4) is 0 Å². The number of nitrogens with two attached hydrogens (primary N) is 1. The minimum Gasteiger partial charge on any atom is -0.325 e. The van der Waals surface area contributed by atoms with Crippen molar-refractivity contribution >= 4 is 40.0 Å². The summed E-state index contributed by atoms with van der Waals surface area (Å²) in [4.78, 5) is 19.1. The van der Waals surface area contributed by atoms with Gasteiger partial charge < -0.3 is 16.0 Å². The Morgan fingerprint density at radius 2 is 1.61 bits per heavy atom. The summed E-state index contributed by atoms with van der Waals surface area (Å²) >= 11 is 1.47. The van der Waals surface area contributed by atoms with Crippen LogP contribution in [0.1, 0.15) is 41.3 Å². The molecule has 1 atom stereocenters. The van der Waals surface area contributed by atoms with Gasteiger partial charge in [-0.3, -0.25) is 4.79 Å². The predicted octanol–water partition coefficient (Wildman–Crippen LogP) is 6.59. The molecule has 2 heterocycles. The first kappa shape index (κ1) is 24.3. The summed E-state index contributed by atoms with van der Waals surface area (Å²) in [6.07, 6.45) is -8.55. The van der Waals surface area contributed by atoms with Gasteiger partial charge in [-0.05, 0) is 72.3 Å². The van der Waals surface area contributed by atoms with Gasteiger partial charge in [0.1, 0.15) is 11.2 Å². The Bertz CT molecular complexity index is 1310. The molecular weight excluding hydrogens is 506 g/mol. The highest BCUT2D eigenvalue weighted by molar-refractivity contribution is 7.14. The van der Waals surface area contributed by atoms with E-state index < -0.39 is 41.0 Å². The summed E-state index contributed by atoms with van der Waals surface area (Å²) in [6.45, 7) is 0. The molecule has 12 heteroatoms. The highest BCUT2D eigenvalue weighted by atomic mass is 32.1. The molecule has 188 valence electrons. The fraction of sp³-hybridized carbons (Fsp3) is 0.250. The van der Waals surface area contributed by atoms with Crippen molar-refractivity contribution in [2.75, 3.05) is 10.2 Å². The Kier molecular flexibility index (Phi) is 5.63. The lowest BCUT2D eigenvalue weighted by Crippen LogP contribution is -2.35. The lowest BCUT2D eigenvalue weighted by Gasteiger charge is -2.29. The first-order valence-corrected chi connectivity index (χ1v) is 11.6. The molecule has 2 aliphatic rings. The number of amides is 1. The number of halogens is 6. The van der Waals surface area contributed by atoms with Crippen molar-refractivity contribution in [2.24, 2.45) is 10.7 Å². The average Bonchev–Trinajstić information content (AvgIpc) is 3.49. The second kappa shape index (κ2) is 8.34. The molecule has 1 amide bonds. The van der Waals surface area contributed by atoms with E-state index in [-0.39, 0.29) is 24.5 Å². The summed E-state index contributed by atoms with van der Waals surface area (Å²) in [5, 5.41) is 5.34. The van der Waals surface area contributed by atoms with Crippen LogP contribution in [-0.4, -0.2) is 12.2 Å². The van der Waals surface area contributed by atoms with Crippen molar-refractivity contribution in [1.29, 1.82) is 0 Å². The number of nitrogens with one attached hydrogen (secondary N) is 1. The zero-order chi connectivity index (χ0) is 25.9. The summed E-state index contributed by atoms with van der Waals surface area (Å²) in [5.41, 5.74) is 3.57. The monoisotopic (exact) mass is 524 g/mol. The van der Waals surface area contributed by atoms with Gasteiger partial charge in [0.25, 0.3) is 0 Å². The van der Waals surface area contributed by atoms with Gasteiger partial charge in [0.05, 0.1) is 22.9 Å². The molecule has 3 aromatic rings. The number of thiophene rings is 1. The molecule has 0 radical (unpaired) electrons. The number of carbonyl (C=O) groups is 1. The van der Waals surface area contributed by atoms with Crippen LogP contribution in [0.2, 0.25) is 0 Å². The Hall–Kier alpha value is -3.38. The van der Waals surface area contributed by atoms with E-state index >= 15 is 0 Å². The third-order valence-corrected chi connectivity index (χ3v) is 7.18. The number of aliphatic imine (C=N–C) groups is 1. The number of alkyl halides is 6. The van der Waals surface area contributed by atoms with Crippen LogP contribution in [0.15, 0.2) is 58.9 Å². The second-order valence-corrected chi connectivity index (χ2v) is 9.55. The normalized spacial score (nSPS) is 18.6. The molecule has 0 bridgehead atoms. The van der Waals surface area contributed by atoms with Crippen LogP contribution in [0, 0.1) is 0 Å². The average molecular weight is 524 g/mol. The molecule has 2 aromatic carbocycles. The molecule has 1 saturated carbocycles. The van der Waals surface area contributed by atoms with E-state index in [1.165, 1.54) is 11.3 Å². The van der Waals surface area contributed by atoms with E-state index in [4.69, 9.17) is 5.73 Å². The largest absolute Gasteiger partial charge is 0.416 e. The smallest absolute Gasteiger partial charge is 0.325 e. The van der Waals surface area contributed by atoms with Crippen molar-refractivity contribution in [3.63, 3.8) is 0 Å². The Labute approximate surface area is 205 Å². The molecule has 1 aromatic heterocycles. The van der Waals surface area contributed by atoms with Crippen LogP contribution >= 0.6 is 11.3 Å². The predicted molar refractivity (Wildman–Crippen MR) is 124 cm³/mol. The van der Waals surface area contributed by atoms with Gasteiger partial charge in [-0.1, -0.05) is 0 Å². The van der Waals surface area contributed by atoms with E-state index in [1.807, 2.05) is 11.4 Å². The molecule has 1 aliphatic heterocycles. The first-order valence-electron chi connectivity index (χ1n) is 10.8. The molecule has 1 fully saturated rings. The minimum atomic E-state index is -4.99. The quantitative estimate of drug-likeness (QED) is 0.378. The lowest BCUT2D eigenvalue weighted by atomic mass is 9.91. The number of rotatable bonds is 4. The molecule has 5 nitrogen and oxygen atoms in total. The third-order valence-electron chi connectivity index (χ3n) is 6.34. The molecule has 0 spiro atoms. The van der Waals surface area contributed by atoms with Gasteiger partial charge in [-0.15, -0.1) is 11.3 Å². The highest BCUT2D eigenvalue weighted by Crippen LogP contribution is 2.51. The molecular formula is C24H18F6N4OS. The summed E-state index contributed by atoms with van der Waals surface area (Å²) in [5.74, 6) is -0.665. The van der Waals surface area contributed by atoms with Crippen LogP contribution in [0.4, 0.5) is 42.7 Å². The maximum atomic E-state index is 13.3. The maximum absolute atomic E-state index is 13.3. The number of benzene rings is 2. The van der Waals surface area contributed by atoms with Crippen LogP contribution in [-0.2, 0) is 22.6 Å². The molecule has 1 aliphatic carbocycles. The molecule has 1 unspecified atom stereocenters. The summed E-state index contributed by atoms with van der Waals surface area (Å²) in [6, 6.07) is 9.73. The molecule has 0 saturated heterocycles. The van der Waals surface area contributed by atoms with Gasteiger partial charge >= 0.3 is 12.4 Å². The Morgan fingerprint density at radius 3 is 2.17 bits per heavy atom. The lowest BCUT2D eigenvalue weighted by molar-refractivity contribution is -0.143.